The highest BCUT2D eigenvalue weighted by Gasteiger charge is 2.35. The summed E-state index contributed by atoms with van der Waals surface area (Å²) >= 11 is 0. The van der Waals surface area contributed by atoms with Crippen molar-refractivity contribution in [1.29, 1.82) is 0 Å². The fourth-order valence-electron chi connectivity index (χ4n) is 1.10. The predicted molar refractivity (Wildman–Crippen MR) is 65.0 cm³/mol. The van der Waals surface area contributed by atoms with Crippen LogP contribution in [0.25, 0.3) is 0 Å². The molecule has 18 heavy (non-hydrogen) atoms. The van der Waals surface area contributed by atoms with Crippen molar-refractivity contribution in [2.24, 2.45) is 11.1 Å². The summed E-state index contributed by atoms with van der Waals surface area (Å²) in [6.07, 6.45) is 0. The Morgan fingerprint density at radius 3 is 2.06 bits per heavy atom. The Kier molecular flexibility index (Phi) is 3.70. The molecule has 0 saturated heterocycles. The summed E-state index contributed by atoms with van der Waals surface area (Å²) in [5.74, 6) is -2.42. The van der Waals surface area contributed by atoms with Gasteiger partial charge in [-0.1, -0.05) is 0 Å². The second-order valence-corrected chi connectivity index (χ2v) is 4.33. The summed E-state index contributed by atoms with van der Waals surface area (Å²) in [7, 11) is 0. The lowest BCUT2D eigenvalue weighted by Gasteiger charge is -2.18. The molecular formula is C12H14N2O4. The number of nitrogens with one attached hydrogen (secondary N) is 1. The minimum absolute atomic E-state index is 0.311. The zero-order valence-electron chi connectivity index (χ0n) is 10.1. The molecule has 0 radical (unpaired) electrons. The number of carboxylic acids is 1. The van der Waals surface area contributed by atoms with Gasteiger partial charge in [0.1, 0.15) is 5.41 Å². The van der Waals surface area contributed by atoms with Crippen molar-refractivity contribution in [3.05, 3.63) is 29.8 Å². The predicted octanol–water partition coefficient (Wildman–Crippen LogP) is 0.835. The number of aliphatic carboxylic acids is 1. The monoisotopic (exact) mass is 250 g/mol. The van der Waals surface area contributed by atoms with E-state index in [2.05, 4.69) is 5.32 Å². The number of carbonyl (C=O) groups is 3. The Morgan fingerprint density at radius 2 is 1.67 bits per heavy atom. The number of amides is 2. The maximum atomic E-state index is 11.7. The van der Waals surface area contributed by atoms with Crippen molar-refractivity contribution in [1.82, 2.24) is 0 Å². The summed E-state index contributed by atoms with van der Waals surface area (Å²) in [5.41, 5.74) is 4.26. The van der Waals surface area contributed by atoms with Crippen molar-refractivity contribution in [2.75, 3.05) is 5.32 Å². The molecule has 0 aliphatic rings. The topological polar surface area (TPSA) is 109 Å². The minimum atomic E-state index is -1.53. The smallest absolute Gasteiger partial charge is 0.318 e. The first-order valence-electron chi connectivity index (χ1n) is 5.20. The zero-order valence-corrected chi connectivity index (χ0v) is 10.1. The van der Waals surface area contributed by atoms with Crippen LogP contribution in [0.3, 0.4) is 0 Å². The van der Waals surface area contributed by atoms with E-state index in [-0.39, 0.29) is 0 Å². The number of carbonyl (C=O) groups excluding carboxylic acids is 2. The first-order valence-corrected chi connectivity index (χ1v) is 5.20. The SMILES string of the molecule is CC(C)(C(=O)O)C(=O)Nc1ccc(C(N)=O)cc1. The molecule has 96 valence electrons. The lowest BCUT2D eigenvalue weighted by Crippen LogP contribution is -2.37. The second-order valence-electron chi connectivity index (χ2n) is 4.33. The Hall–Kier alpha value is -2.37. The molecule has 0 fully saturated rings. The summed E-state index contributed by atoms with van der Waals surface area (Å²) in [5, 5.41) is 11.3. The van der Waals surface area contributed by atoms with Gasteiger partial charge in [0.25, 0.3) is 0 Å². The third kappa shape index (κ3) is 2.85. The first kappa shape index (κ1) is 13.7. The average Bonchev–Trinajstić information content (AvgIpc) is 2.29. The van der Waals surface area contributed by atoms with Crippen molar-refractivity contribution >= 4 is 23.5 Å². The van der Waals surface area contributed by atoms with E-state index in [4.69, 9.17) is 10.8 Å². The molecule has 0 aromatic heterocycles. The molecule has 0 bridgehead atoms. The highest BCUT2D eigenvalue weighted by atomic mass is 16.4. The quantitative estimate of drug-likeness (QED) is 0.687. The number of anilines is 1. The van der Waals surface area contributed by atoms with Crippen molar-refractivity contribution in [3.63, 3.8) is 0 Å². The third-order valence-corrected chi connectivity index (χ3v) is 2.53. The number of rotatable bonds is 4. The van der Waals surface area contributed by atoms with Gasteiger partial charge in [-0.3, -0.25) is 14.4 Å². The molecule has 0 aliphatic heterocycles. The van der Waals surface area contributed by atoms with Crippen molar-refractivity contribution in [2.45, 2.75) is 13.8 Å². The second kappa shape index (κ2) is 4.87. The standard InChI is InChI=1S/C12H14N2O4/c1-12(2,11(17)18)10(16)14-8-5-3-7(4-6-8)9(13)15/h3-6H,1-2H3,(H2,13,15)(H,14,16)(H,17,18). The van der Waals surface area contributed by atoms with Crippen LogP contribution in [0.4, 0.5) is 5.69 Å². The maximum Gasteiger partial charge on any atom is 0.318 e. The van der Waals surface area contributed by atoms with E-state index in [9.17, 15) is 14.4 Å². The Labute approximate surface area is 104 Å². The molecular weight excluding hydrogens is 236 g/mol. The lowest BCUT2D eigenvalue weighted by atomic mass is 9.92. The molecule has 0 aliphatic carbocycles. The molecule has 0 spiro atoms. The molecule has 1 aromatic rings. The Bertz CT molecular complexity index is 491. The number of carboxylic acid groups (broad SMARTS) is 1. The van der Waals surface area contributed by atoms with Crippen LogP contribution < -0.4 is 11.1 Å². The number of benzene rings is 1. The van der Waals surface area contributed by atoms with Crippen LogP contribution in [0.5, 0.6) is 0 Å². The number of nitrogens with two attached hydrogens (primary N) is 1. The summed E-state index contributed by atoms with van der Waals surface area (Å²) in [6, 6.07) is 5.86. The van der Waals surface area contributed by atoms with Gasteiger partial charge in [-0.25, -0.2) is 0 Å². The average molecular weight is 250 g/mol. The van der Waals surface area contributed by atoms with Crippen LogP contribution >= 0.6 is 0 Å². The van der Waals surface area contributed by atoms with Gasteiger partial charge in [0.15, 0.2) is 0 Å². The van der Waals surface area contributed by atoms with Gasteiger partial charge in [0.2, 0.25) is 11.8 Å². The molecule has 0 atom stereocenters. The van der Waals surface area contributed by atoms with Crippen LogP contribution in [0.2, 0.25) is 0 Å². The molecule has 0 saturated carbocycles. The van der Waals surface area contributed by atoms with Crippen molar-refractivity contribution in [3.8, 4) is 0 Å². The van der Waals surface area contributed by atoms with E-state index in [1.807, 2.05) is 0 Å². The van der Waals surface area contributed by atoms with Crippen LogP contribution in [-0.2, 0) is 9.59 Å². The number of hydrogen-bond donors (Lipinski definition) is 3. The van der Waals surface area contributed by atoms with Gasteiger partial charge >= 0.3 is 5.97 Å². The van der Waals surface area contributed by atoms with E-state index in [0.29, 0.717) is 11.3 Å². The molecule has 6 nitrogen and oxygen atoms in total. The zero-order chi connectivity index (χ0) is 13.9. The molecule has 1 aromatic carbocycles. The lowest BCUT2D eigenvalue weighted by molar-refractivity contribution is -0.151. The molecule has 4 N–H and O–H groups in total. The van der Waals surface area contributed by atoms with Crippen LogP contribution in [0.1, 0.15) is 24.2 Å². The van der Waals surface area contributed by atoms with E-state index >= 15 is 0 Å². The molecule has 2 amide bonds. The van der Waals surface area contributed by atoms with Gasteiger partial charge in [-0.15, -0.1) is 0 Å². The van der Waals surface area contributed by atoms with Gasteiger partial charge in [-0.05, 0) is 38.1 Å². The maximum absolute atomic E-state index is 11.7. The number of hydrogen-bond acceptors (Lipinski definition) is 3. The summed E-state index contributed by atoms with van der Waals surface area (Å²) < 4.78 is 0. The molecule has 1 rings (SSSR count). The normalized spacial score (nSPS) is 10.8. The van der Waals surface area contributed by atoms with Crippen LogP contribution in [-0.4, -0.2) is 22.9 Å². The van der Waals surface area contributed by atoms with Gasteiger partial charge in [0.05, 0.1) is 0 Å². The Balaban J connectivity index is 2.83. The number of primary amides is 1. The van der Waals surface area contributed by atoms with E-state index < -0.39 is 23.2 Å². The van der Waals surface area contributed by atoms with E-state index in [0.717, 1.165) is 0 Å². The van der Waals surface area contributed by atoms with E-state index in [1.54, 1.807) is 0 Å². The molecule has 6 heteroatoms. The van der Waals surface area contributed by atoms with Crippen LogP contribution in [0.15, 0.2) is 24.3 Å². The fraction of sp³-hybridized carbons (Fsp3) is 0.250. The third-order valence-electron chi connectivity index (χ3n) is 2.53. The van der Waals surface area contributed by atoms with Crippen molar-refractivity contribution < 1.29 is 19.5 Å². The fourth-order valence-corrected chi connectivity index (χ4v) is 1.10. The summed E-state index contributed by atoms with van der Waals surface area (Å²) in [4.78, 5) is 33.4. The van der Waals surface area contributed by atoms with Gasteiger partial charge in [-0.2, -0.15) is 0 Å². The van der Waals surface area contributed by atoms with Gasteiger partial charge < -0.3 is 16.2 Å². The first-order chi connectivity index (χ1) is 8.25. The molecule has 0 heterocycles. The van der Waals surface area contributed by atoms with Gasteiger partial charge in [0, 0.05) is 11.3 Å². The minimum Gasteiger partial charge on any atom is -0.480 e. The van der Waals surface area contributed by atoms with Crippen LogP contribution in [0, 0.1) is 5.41 Å². The van der Waals surface area contributed by atoms with E-state index in [1.165, 1.54) is 38.1 Å². The summed E-state index contributed by atoms with van der Waals surface area (Å²) in [6.45, 7) is 2.62. The highest BCUT2D eigenvalue weighted by Crippen LogP contribution is 2.19. The molecule has 0 unspecified atom stereocenters. The Morgan fingerprint density at radius 1 is 1.17 bits per heavy atom. The highest BCUT2D eigenvalue weighted by molar-refractivity contribution is 6.07. The largest absolute Gasteiger partial charge is 0.480 e.